The number of rotatable bonds is 3. The maximum Gasteiger partial charge on any atom is 0.333 e. The quantitative estimate of drug-likeness (QED) is 0.396. The summed E-state index contributed by atoms with van der Waals surface area (Å²) in [5.41, 5.74) is 1.42. The highest BCUT2D eigenvalue weighted by Crippen LogP contribution is 2.28. The molecule has 21 heavy (non-hydrogen) atoms. The van der Waals surface area contributed by atoms with Crippen LogP contribution in [0.2, 0.25) is 0 Å². The minimum atomic E-state index is -0.354. The van der Waals surface area contributed by atoms with Gasteiger partial charge in [0.25, 0.3) is 0 Å². The van der Waals surface area contributed by atoms with Gasteiger partial charge >= 0.3 is 5.97 Å². The summed E-state index contributed by atoms with van der Waals surface area (Å²) in [7, 11) is 0. The normalized spacial score (nSPS) is 10.7. The molecule has 0 unspecified atom stereocenters. The van der Waals surface area contributed by atoms with Gasteiger partial charge in [-0.3, -0.25) is 0 Å². The first kappa shape index (κ1) is 13.4. The van der Waals surface area contributed by atoms with Crippen molar-refractivity contribution in [2.45, 2.75) is 13.5 Å². The van der Waals surface area contributed by atoms with E-state index in [1.807, 2.05) is 24.3 Å². The van der Waals surface area contributed by atoms with E-state index < -0.39 is 0 Å². The molecule has 104 valence electrons. The lowest BCUT2D eigenvalue weighted by Crippen LogP contribution is -2.05. The Kier molecular flexibility index (Phi) is 3.44. The second-order valence-corrected chi connectivity index (χ2v) is 5.16. The van der Waals surface area contributed by atoms with Gasteiger partial charge in [-0.05, 0) is 34.0 Å². The van der Waals surface area contributed by atoms with Crippen molar-refractivity contribution in [2.24, 2.45) is 0 Å². The third-order valence-corrected chi connectivity index (χ3v) is 3.58. The molecule has 0 aliphatic heterocycles. The van der Waals surface area contributed by atoms with Gasteiger partial charge < -0.3 is 4.74 Å². The van der Waals surface area contributed by atoms with Crippen molar-refractivity contribution in [1.82, 2.24) is 0 Å². The van der Waals surface area contributed by atoms with E-state index in [4.69, 9.17) is 4.74 Å². The van der Waals surface area contributed by atoms with Gasteiger partial charge in [0.05, 0.1) is 0 Å². The van der Waals surface area contributed by atoms with Crippen LogP contribution in [0.25, 0.3) is 21.5 Å². The Morgan fingerprint density at radius 2 is 1.71 bits per heavy atom. The first-order chi connectivity index (χ1) is 10.2. The molecule has 2 nitrogen and oxygen atoms in total. The summed E-state index contributed by atoms with van der Waals surface area (Å²) in [6.45, 7) is 5.51. The molecule has 3 aromatic rings. The molecule has 0 bridgehead atoms. The molecule has 2 heteroatoms. The Balaban J connectivity index is 2.06. The number of ether oxygens (including phenoxy) is 1. The maximum absolute atomic E-state index is 11.5. The van der Waals surface area contributed by atoms with Crippen LogP contribution in [0.15, 0.2) is 66.7 Å². The first-order valence-electron chi connectivity index (χ1n) is 6.89. The molecule has 0 aliphatic rings. The summed E-state index contributed by atoms with van der Waals surface area (Å²) >= 11 is 0. The van der Waals surface area contributed by atoms with E-state index in [2.05, 4.69) is 36.9 Å². The van der Waals surface area contributed by atoms with Crippen LogP contribution in [0.3, 0.4) is 0 Å². The number of hydrogen-bond donors (Lipinski definition) is 0. The summed E-state index contributed by atoms with van der Waals surface area (Å²) < 4.78 is 5.27. The number of carbonyl (C=O) groups is 1. The Labute approximate surface area is 123 Å². The molecule has 0 N–H and O–H groups in total. The minimum Gasteiger partial charge on any atom is -0.457 e. The summed E-state index contributed by atoms with van der Waals surface area (Å²) in [6, 6.07) is 18.6. The SMILES string of the molecule is C=C(C)C(=O)OCc1cccc2c1ccc1ccccc12. The van der Waals surface area contributed by atoms with E-state index in [1.54, 1.807) is 6.92 Å². The molecule has 0 saturated heterocycles. The molecule has 0 aromatic heterocycles. The molecule has 0 amide bonds. The van der Waals surface area contributed by atoms with Crippen LogP contribution >= 0.6 is 0 Å². The van der Waals surface area contributed by atoms with Crippen molar-refractivity contribution >= 4 is 27.5 Å². The smallest absolute Gasteiger partial charge is 0.333 e. The minimum absolute atomic E-state index is 0.265. The van der Waals surface area contributed by atoms with E-state index in [0.717, 1.165) is 10.9 Å². The van der Waals surface area contributed by atoms with Gasteiger partial charge in [0.15, 0.2) is 0 Å². The molecule has 0 fully saturated rings. The van der Waals surface area contributed by atoms with Crippen LogP contribution in [0, 0.1) is 0 Å². The molecule has 0 aliphatic carbocycles. The molecule has 3 rings (SSSR count). The zero-order valence-electron chi connectivity index (χ0n) is 11.9. The fraction of sp³-hybridized carbons (Fsp3) is 0.105. The van der Waals surface area contributed by atoms with Crippen LogP contribution in [0.4, 0.5) is 0 Å². The molecular weight excluding hydrogens is 260 g/mol. The second kappa shape index (κ2) is 5.41. The number of hydrogen-bond acceptors (Lipinski definition) is 2. The Hall–Kier alpha value is -2.61. The van der Waals surface area contributed by atoms with E-state index in [9.17, 15) is 4.79 Å². The van der Waals surface area contributed by atoms with E-state index in [-0.39, 0.29) is 12.6 Å². The van der Waals surface area contributed by atoms with Gasteiger partial charge in [0.2, 0.25) is 0 Å². The number of benzene rings is 3. The van der Waals surface area contributed by atoms with Crippen LogP contribution in [0.1, 0.15) is 12.5 Å². The lowest BCUT2D eigenvalue weighted by atomic mass is 9.99. The van der Waals surface area contributed by atoms with Crippen molar-refractivity contribution in [1.29, 1.82) is 0 Å². The zero-order valence-corrected chi connectivity index (χ0v) is 11.9. The summed E-state index contributed by atoms with van der Waals surface area (Å²) in [5.74, 6) is -0.354. The second-order valence-electron chi connectivity index (χ2n) is 5.16. The Morgan fingerprint density at radius 3 is 2.52 bits per heavy atom. The van der Waals surface area contributed by atoms with E-state index in [0.29, 0.717) is 5.57 Å². The van der Waals surface area contributed by atoms with Crippen molar-refractivity contribution in [3.63, 3.8) is 0 Å². The van der Waals surface area contributed by atoms with Gasteiger partial charge in [0, 0.05) is 5.57 Å². The molecule has 0 saturated carbocycles. The molecule has 0 spiro atoms. The lowest BCUT2D eigenvalue weighted by Gasteiger charge is -2.10. The van der Waals surface area contributed by atoms with Crippen LogP contribution in [-0.4, -0.2) is 5.97 Å². The van der Waals surface area contributed by atoms with Gasteiger partial charge in [-0.2, -0.15) is 0 Å². The predicted molar refractivity (Wildman–Crippen MR) is 86.1 cm³/mol. The lowest BCUT2D eigenvalue weighted by molar-refractivity contribution is -0.140. The monoisotopic (exact) mass is 276 g/mol. The summed E-state index contributed by atoms with van der Waals surface area (Å²) in [4.78, 5) is 11.5. The van der Waals surface area contributed by atoms with Crippen LogP contribution < -0.4 is 0 Å². The Morgan fingerprint density at radius 1 is 0.952 bits per heavy atom. The standard InChI is InChI=1S/C19H16O2/c1-13(2)19(20)21-12-15-7-5-9-18-16-8-4-3-6-14(16)10-11-17(15)18/h3-11H,1,12H2,2H3. The van der Waals surface area contributed by atoms with Crippen molar-refractivity contribution in [3.05, 3.63) is 72.3 Å². The van der Waals surface area contributed by atoms with Crippen molar-refractivity contribution in [3.8, 4) is 0 Å². The number of fused-ring (bicyclic) bond motifs is 3. The summed E-state index contributed by atoms with van der Waals surface area (Å²) in [5, 5.41) is 4.71. The maximum atomic E-state index is 11.5. The predicted octanol–water partition coefficient (Wildman–Crippen LogP) is 4.61. The fourth-order valence-corrected chi connectivity index (χ4v) is 2.50. The first-order valence-corrected chi connectivity index (χ1v) is 6.89. The zero-order chi connectivity index (χ0) is 14.8. The number of carbonyl (C=O) groups excluding carboxylic acids is 1. The highest BCUT2D eigenvalue weighted by molar-refractivity contribution is 6.08. The van der Waals surface area contributed by atoms with Gasteiger partial charge in [0.1, 0.15) is 6.61 Å². The fourth-order valence-electron chi connectivity index (χ4n) is 2.50. The third kappa shape index (κ3) is 2.52. The Bertz CT molecular complexity index is 846. The molecular formula is C19H16O2. The van der Waals surface area contributed by atoms with Crippen LogP contribution in [-0.2, 0) is 16.1 Å². The molecule has 3 aromatic carbocycles. The van der Waals surface area contributed by atoms with E-state index >= 15 is 0 Å². The third-order valence-electron chi connectivity index (χ3n) is 3.58. The van der Waals surface area contributed by atoms with Crippen molar-refractivity contribution in [2.75, 3.05) is 0 Å². The van der Waals surface area contributed by atoms with Gasteiger partial charge in [-0.1, -0.05) is 61.2 Å². The van der Waals surface area contributed by atoms with Crippen molar-refractivity contribution < 1.29 is 9.53 Å². The van der Waals surface area contributed by atoms with Crippen LogP contribution in [0.5, 0.6) is 0 Å². The average Bonchev–Trinajstić information content (AvgIpc) is 2.52. The molecule has 0 radical (unpaired) electrons. The van der Waals surface area contributed by atoms with Gasteiger partial charge in [-0.25, -0.2) is 4.79 Å². The van der Waals surface area contributed by atoms with Gasteiger partial charge in [-0.15, -0.1) is 0 Å². The van der Waals surface area contributed by atoms with E-state index in [1.165, 1.54) is 16.2 Å². The average molecular weight is 276 g/mol. The molecule has 0 heterocycles. The number of esters is 1. The largest absolute Gasteiger partial charge is 0.457 e. The highest BCUT2D eigenvalue weighted by Gasteiger charge is 2.07. The molecule has 0 atom stereocenters. The highest BCUT2D eigenvalue weighted by atomic mass is 16.5. The topological polar surface area (TPSA) is 26.3 Å². The summed E-state index contributed by atoms with van der Waals surface area (Å²) in [6.07, 6.45) is 0.